The minimum Gasteiger partial charge on any atom is -0.282 e. The van der Waals surface area contributed by atoms with Crippen LogP contribution in [0.2, 0.25) is 0 Å². The number of likely N-dealkylation sites (tertiary alicyclic amines) is 1. The van der Waals surface area contributed by atoms with Crippen LogP contribution in [0.4, 0.5) is 0 Å². The number of hydrogen-bond acceptors (Lipinski definition) is 4. The molecule has 0 aliphatic carbocycles. The van der Waals surface area contributed by atoms with E-state index < -0.39 is 0 Å². The Bertz CT molecular complexity index is 350. The van der Waals surface area contributed by atoms with Crippen molar-refractivity contribution in [3.8, 4) is 6.07 Å². The predicted octanol–water partition coefficient (Wildman–Crippen LogP) is 0.303. The van der Waals surface area contributed by atoms with Crippen molar-refractivity contribution in [1.29, 1.82) is 5.26 Å². The molecule has 1 aliphatic rings. The molecule has 5 nitrogen and oxygen atoms in total. The first kappa shape index (κ1) is 9.16. The van der Waals surface area contributed by atoms with Gasteiger partial charge in [-0.15, -0.1) is 5.10 Å². The summed E-state index contributed by atoms with van der Waals surface area (Å²) >= 11 is 0. The Morgan fingerprint density at radius 2 is 2.57 bits per heavy atom. The van der Waals surface area contributed by atoms with Crippen LogP contribution in [0, 0.1) is 11.3 Å². The Morgan fingerprint density at radius 1 is 1.71 bits per heavy atom. The molecule has 0 bridgehead atoms. The molecule has 1 unspecified atom stereocenters. The smallest absolute Gasteiger partial charge is 0.0981 e. The molecule has 1 aromatic rings. The van der Waals surface area contributed by atoms with Crippen LogP contribution in [-0.2, 0) is 13.6 Å². The standard InChI is InChI=1S/C9H13N5/c1-13-6-8(11-12-13)7-14-4-2-3-9(14)5-10/h6,9H,2-4,7H2,1H3. The van der Waals surface area contributed by atoms with Crippen molar-refractivity contribution < 1.29 is 0 Å². The summed E-state index contributed by atoms with van der Waals surface area (Å²) in [6.45, 7) is 1.74. The minimum atomic E-state index is 0.0667. The van der Waals surface area contributed by atoms with Crippen molar-refractivity contribution in [3.05, 3.63) is 11.9 Å². The van der Waals surface area contributed by atoms with Crippen molar-refractivity contribution in [1.82, 2.24) is 19.9 Å². The van der Waals surface area contributed by atoms with Gasteiger partial charge < -0.3 is 0 Å². The van der Waals surface area contributed by atoms with Crippen molar-refractivity contribution >= 4 is 0 Å². The molecule has 0 aromatic carbocycles. The van der Waals surface area contributed by atoms with E-state index >= 15 is 0 Å². The van der Waals surface area contributed by atoms with Gasteiger partial charge in [-0.3, -0.25) is 9.58 Å². The molecule has 2 rings (SSSR count). The van der Waals surface area contributed by atoms with Gasteiger partial charge >= 0.3 is 0 Å². The van der Waals surface area contributed by atoms with Crippen LogP contribution in [-0.4, -0.2) is 32.5 Å². The molecule has 0 saturated carbocycles. The maximum Gasteiger partial charge on any atom is 0.0981 e. The predicted molar refractivity (Wildman–Crippen MR) is 50.0 cm³/mol. The summed E-state index contributed by atoms with van der Waals surface area (Å²) in [4.78, 5) is 2.16. The average molecular weight is 191 g/mol. The van der Waals surface area contributed by atoms with E-state index in [1.807, 2.05) is 13.2 Å². The maximum atomic E-state index is 8.89. The van der Waals surface area contributed by atoms with Gasteiger partial charge in [0, 0.05) is 19.8 Å². The summed E-state index contributed by atoms with van der Waals surface area (Å²) in [6, 6.07) is 2.38. The molecule has 0 spiro atoms. The number of hydrogen-bond donors (Lipinski definition) is 0. The van der Waals surface area contributed by atoms with E-state index in [1.54, 1.807) is 4.68 Å². The van der Waals surface area contributed by atoms with Crippen molar-refractivity contribution in [3.63, 3.8) is 0 Å². The summed E-state index contributed by atoms with van der Waals surface area (Å²) in [7, 11) is 1.85. The molecule has 0 amide bonds. The second-order valence-corrected chi connectivity index (χ2v) is 3.64. The van der Waals surface area contributed by atoms with Crippen molar-refractivity contribution in [2.45, 2.75) is 25.4 Å². The highest BCUT2D eigenvalue weighted by Crippen LogP contribution is 2.18. The third-order valence-corrected chi connectivity index (χ3v) is 2.53. The van der Waals surface area contributed by atoms with Gasteiger partial charge in [0.25, 0.3) is 0 Å². The van der Waals surface area contributed by atoms with Crippen LogP contribution in [0.5, 0.6) is 0 Å². The Labute approximate surface area is 82.9 Å². The normalized spacial score (nSPS) is 22.4. The Kier molecular flexibility index (Phi) is 2.46. The van der Waals surface area contributed by atoms with Gasteiger partial charge in [0.2, 0.25) is 0 Å². The zero-order chi connectivity index (χ0) is 9.97. The fraction of sp³-hybridized carbons (Fsp3) is 0.667. The highest BCUT2D eigenvalue weighted by molar-refractivity contribution is 5.00. The molecule has 1 aliphatic heterocycles. The Morgan fingerprint density at radius 3 is 3.21 bits per heavy atom. The SMILES string of the molecule is Cn1cc(CN2CCCC2C#N)nn1. The monoisotopic (exact) mass is 191 g/mol. The lowest BCUT2D eigenvalue weighted by molar-refractivity contribution is 0.283. The lowest BCUT2D eigenvalue weighted by Crippen LogP contribution is -2.27. The topological polar surface area (TPSA) is 57.7 Å². The molecule has 74 valence electrons. The largest absolute Gasteiger partial charge is 0.282 e. The zero-order valence-corrected chi connectivity index (χ0v) is 8.22. The first-order valence-corrected chi connectivity index (χ1v) is 4.78. The van der Waals surface area contributed by atoms with Crippen LogP contribution in [0.25, 0.3) is 0 Å². The van der Waals surface area contributed by atoms with E-state index in [2.05, 4.69) is 21.3 Å². The second kappa shape index (κ2) is 3.76. The molecule has 0 radical (unpaired) electrons. The molecule has 5 heteroatoms. The van der Waals surface area contributed by atoms with E-state index in [-0.39, 0.29) is 6.04 Å². The molecule has 1 aromatic heterocycles. The zero-order valence-electron chi connectivity index (χ0n) is 8.22. The molecular formula is C9H13N5. The Balaban J connectivity index is 2.01. The van der Waals surface area contributed by atoms with E-state index in [1.165, 1.54) is 0 Å². The van der Waals surface area contributed by atoms with Gasteiger partial charge in [0.05, 0.1) is 17.8 Å². The van der Waals surface area contributed by atoms with Crippen LogP contribution >= 0.6 is 0 Å². The highest BCUT2D eigenvalue weighted by atomic mass is 15.4. The fourth-order valence-electron chi connectivity index (χ4n) is 1.84. The third kappa shape index (κ3) is 1.75. The van der Waals surface area contributed by atoms with E-state index in [4.69, 9.17) is 5.26 Å². The lowest BCUT2D eigenvalue weighted by Gasteiger charge is -2.16. The molecule has 1 fully saturated rings. The van der Waals surface area contributed by atoms with E-state index in [0.717, 1.165) is 31.6 Å². The van der Waals surface area contributed by atoms with Gasteiger partial charge in [-0.2, -0.15) is 5.26 Å². The van der Waals surface area contributed by atoms with Gasteiger partial charge in [-0.25, -0.2) is 0 Å². The summed E-state index contributed by atoms with van der Waals surface area (Å²) in [6.07, 6.45) is 3.99. The first-order valence-electron chi connectivity index (χ1n) is 4.78. The summed E-state index contributed by atoms with van der Waals surface area (Å²) in [5, 5.41) is 16.8. The quantitative estimate of drug-likeness (QED) is 0.674. The summed E-state index contributed by atoms with van der Waals surface area (Å²) in [5.41, 5.74) is 0.939. The number of aromatic nitrogens is 3. The van der Waals surface area contributed by atoms with E-state index in [9.17, 15) is 0 Å². The number of rotatable bonds is 2. The van der Waals surface area contributed by atoms with Crippen molar-refractivity contribution in [2.24, 2.45) is 7.05 Å². The van der Waals surface area contributed by atoms with Crippen LogP contribution in [0.3, 0.4) is 0 Å². The maximum absolute atomic E-state index is 8.89. The Hall–Kier alpha value is -1.41. The fourth-order valence-corrected chi connectivity index (χ4v) is 1.84. The molecular weight excluding hydrogens is 178 g/mol. The number of nitrogens with zero attached hydrogens (tertiary/aromatic N) is 5. The molecule has 14 heavy (non-hydrogen) atoms. The third-order valence-electron chi connectivity index (χ3n) is 2.53. The first-order chi connectivity index (χ1) is 6.79. The van der Waals surface area contributed by atoms with Crippen molar-refractivity contribution in [2.75, 3.05) is 6.54 Å². The van der Waals surface area contributed by atoms with Crippen LogP contribution in [0.1, 0.15) is 18.5 Å². The van der Waals surface area contributed by atoms with Gasteiger partial charge in [0.15, 0.2) is 0 Å². The van der Waals surface area contributed by atoms with Gasteiger partial charge in [-0.1, -0.05) is 5.21 Å². The van der Waals surface area contributed by atoms with Crippen LogP contribution in [0.15, 0.2) is 6.20 Å². The van der Waals surface area contributed by atoms with Crippen LogP contribution < -0.4 is 0 Å². The molecule has 1 saturated heterocycles. The van der Waals surface area contributed by atoms with Gasteiger partial charge in [-0.05, 0) is 19.4 Å². The van der Waals surface area contributed by atoms with Gasteiger partial charge in [0.1, 0.15) is 0 Å². The molecule has 2 heterocycles. The number of aryl methyl sites for hydroxylation is 1. The lowest BCUT2D eigenvalue weighted by atomic mass is 10.2. The average Bonchev–Trinajstić information content (AvgIpc) is 2.76. The summed E-state index contributed by atoms with van der Waals surface area (Å²) < 4.78 is 1.69. The number of nitriles is 1. The molecule has 0 N–H and O–H groups in total. The summed E-state index contributed by atoms with van der Waals surface area (Å²) in [5.74, 6) is 0. The molecule has 1 atom stereocenters. The second-order valence-electron chi connectivity index (χ2n) is 3.64. The highest BCUT2D eigenvalue weighted by Gasteiger charge is 2.24. The minimum absolute atomic E-state index is 0.0667. The van der Waals surface area contributed by atoms with E-state index in [0.29, 0.717) is 0 Å².